The Kier molecular flexibility index (Phi) is 8.38. The van der Waals surface area contributed by atoms with Gasteiger partial charge >= 0.3 is 11.7 Å². The van der Waals surface area contributed by atoms with E-state index in [0.29, 0.717) is 36.4 Å². The molecule has 0 radical (unpaired) electrons. The molecule has 4 N–H and O–H groups in total. The Morgan fingerprint density at radius 3 is 2.37 bits per heavy atom. The second kappa shape index (κ2) is 11.8. The number of carbonyl (C=O) groups is 1. The molecule has 3 aromatic carbocycles. The minimum Gasteiger partial charge on any atom is -0.381 e. The van der Waals surface area contributed by atoms with E-state index in [1.807, 2.05) is 16.9 Å². The molecule has 0 unspecified atom stereocenters. The van der Waals surface area contributed by atoms with Crippen LogP contribution in [0.25, 0.3) is 16.6 Å². The Balaban J connectivity index is 1.35. The first-order valence-corrected chi connectivity index (χ1v) is 15.9. The van der Waals surface area contributed by atoms with Crippen molar-refractivity contribution in [2.24, 2.45) is 0 Å². The smallest absolute Gasteiger partial charge is 0.333 e. The van der Waals surface area contributed by atoms with Crippen molar-refractivity contribution in [3.63, 3.8) is 0 Å². The molecule has 2 aromatic heterocycles. The highest BCUT2D eigenvalue weighted by atomic mass is 79.9. The maximum atomic E-state index is 13.3. The second-order valence-corrected chi connectivity index (χ2v) is 14.3. The number of hydrogen-bond donors (Lipinski definition) is 4. The summed E-state index contributed by atoms with van der Waals surface area (Å²) in [7, 11) is -4.06. The number of fused-ring (bicyclic) bond motifs is 1. The molecule has 5 aromatic rings. The topological polar surface area (TPSA) is 142 Å². The number of benzene rings is 3. The number of H-pyrrole nitrogens is 1. The molecule has 10 nitrogen and oxygen atoms in total. The van der Waals surface area contributed by atoms with E-state index in [1.54, 1.807) is 36.4 Å². The van der Waals surface area contributed by atoms with Crippen molar-refractivity contribution in [1.82, 2.24) is 14.3 Å². The zero-order valence-electron chi connectivity index (χ0n) is 20.6. The van der Waals surface area contributed by atoms with Gasteiger partial charge in [0.15, 0.2) is 0 Å². The van der Waals surface area contributed by atoms with Gasteiger partial charge in [-0.25, -0.2) is 27.3 Å². The van der Waals surface area contributed by atoms with Gasteiger partial charge in [0, 0.05) is 27.4 Å². The van der Waals surface area contributed by atoms with Gasteiger partial charge in [-0.1, -0.05) is 23.7 Å². The molecule has 0 fully saturated rings. The molecule has 0 aliphatic heterocycles. The molecular weight excluding hydrogens is 722 g/mol. The average molecular weight is 740 g/mol. The number of aromatic amines is 1. The quantitative estimate of drug-likeness (QED) is 0.160. The molecule has 0 spiro atoms. The number of aromatic nitrogens is 2. The van der Waals surface area contributed by atoms with Crippen molar-refractivity contribution in [1.29, 1.82) is 0 Å². The van der Waals surface area contributed by atoms with Crippen molar-refractivity contribution in [3.8, 4) is 5.69 Å². The van der Waals surface area contributed by atoms with Crippen LogP contribution in [0.1, 0.15) is 5.56 Å². The molecule has 0 atom stereocenters. The first-order chi connectivity index (χ1) is 19.5. The summed E-state index contributed by atoms with van der Waals surface area (Å²) in [6.07, 6.45) is 0. The number of urea groups is 1. The minimum absolute atomic E-state index is 0.0320. The molecule has 15 heteroatoms. The fraction of sp³-hybridized carbons (Fsp3) is 0.0385. The van der Waals surface area contributed by atoms with Gasteiger partial charge in [-0.05, 0) is 98.1 Å². The molecule has 0 saturated carbocycles. The monoisotopic (exact) mass is 737 g/mol. The summed E-state index contributed by atoms with van der Waals surface area (Å²) in [5, 5.41) is 6.62. The van der Waals surface area contributed by atoms with Crippen molar-refractivity contribution in [2.45, 2.75) is 10.8 Å². The van der Waals surface area contributed by atoms with Gasteiger partial charge < -0.3 is 15.6 Å². The number of nitrogens with one attached hydrogen (secondary N) is 4. The Hall–Kier alpha value is -3.43. The summed E-state index contributed by atoms with van der Waals surface area (Å²) in [6.45, 7) is 0.521. The van der Waals surface area contributed by atoms with Gasteiger partial charge in [-0.2, -0.15) is 0 Å². The van der Waals surface area contributed by atoms with Gasteiger partial charge in [0.25, 0.3) is 15.6 Å². The summed E-state index contributed by atoms with van der Waals surface area (Å²) >= 11 is 13.4. The van der Waals surface area contributed by atoms with Crippen molar-refractivity contribution < 1.29 is 13.2 Å². The van der Waals surface area contributed by atoms with Crippen LogP contribution >= 0.6 is 54.8 Å². The van der Waals surface area contributed by atoms with Crippen LogP contribution in [0.5, 0.6) is 0 Å². The number of anilines is 2. The highest BCUT2D eigenvalue weighted by molar-refractivity contribution is 9.11. The predicted octanol–water partition coefficient (Wildman–Crippen LogP) is 6.04. The lowest BCUT2D eigenvalue weighted by Gasteiger charge is -2.12. The molecule has 0 bridgehead atoms. The van der Waals surface area contributed by atoms with E-state index in [2.05, 4.69) is 47.5 Å². The van der Waals surface area contributed by atoms with E-state index in [1.165, 1.54) is 24.3 Å². The number of thiophene rings is 1. The van der Waals surface area contributed by atoms with E-state index < -0.39 is 27.3 Å². The maximum absolute atomic E-state index is 13.3. The van der Waals surface area contributed by atoms with Crippen LogP contribution in [-0.2, 0) is 16.6 Å². The highest BCUT2D eigenvalue weighted by Crippen LogP contribution is 2.27. The Morgan fingerprint density at radius 2 is 1.68 bits per heavy atom. The molecule has 0 aliphatic rings. The Morgan fingerprint density at radius 1 is 0.951 bits per heavy atom. The number of halogens is 3. The van der Waals surface area contributed by atoms with Crippen molar-refractivity contribution in [2.75, 3.05) is 10.6 Å². The van der Waals surface area contributed by atoms with Gasteiger partial charge in [0.1, 0.15) is 4.21 Å². The number of rotatable bonds is 7. The predicted molar refractivity (Wildman–Crippen MR) is 168 cm³/mol. The van der Waals surface area contributed by atoms with Crippen molar-refractivity contribution >= 4 is 93.1 Å². The largest absolute Gasteiger partial charge is 0.381 e. The highest BCUT2D eigenvalue weighted by Gasteiger charge is 2.20. The van der Waals surface area contributed by atoms with Crippen LogP contribution < -0.4 is 26.6 Å². The SMILES string of the molecule is O=C(Nc1ccc(-n2c(=O)[nH]c3cc(NCc4ccc(Cl)cc4)ccc3c2=O)c(Br)c1)NS(=O)(=O)c1ccc(Br)s1. The van der Waals surface area contributed by atoms with Crippen LogP contribution in [0.3, 0.4) is 0 Å². The standard InChI is InChI=1S/C26H18Br2ClN5O5S2/c27-19-11-17(31-25(36)33-41(38,39)23-10-9-22(28)40-23)6-8-21(19)34-24(35)18-7-5-16(12-20(18)32-26(34)37)30-13-14-1-3-15(29)4-2-14/h1-12,30H,13H2,(H,32,37)(H2,31,33,36). The van der Waals surface area contributed by atoms with Crippen LogP contribution in [0.15, 0.2) is 94.9 Å². The molecule has 0 aliphatic carbocycles. The molecule has 0 saturated heterocycles. The molecular formula is C26H18Br2ClN5O5S2. The lowest BCUT2D eigenvalue weighted by atomic mass is 10.2. The third kappa shape index (κ3) is 6.57. The normalized spacial score (nSPS) is 11.4. The Labute approximate surface area is 258 Å². The average Bonchev–Trinajstić information content (AvgIpc) is 3.36. The van der Waals surface area contributed by atoms with E-state index in [0.717, 1.165) is 21.5 Å². The maximum Gasteiger partial charge on any atom is 0.333 e. The molecule has 210 valence electrons. The van der Waals surface area contributed by atoms with Crippen LogP contribution in [0, 0.1) is 0 Å². The fourth-order valence-electron chi connectivity index (χ4n) is 3.89. The number of nitrogens with zero attached hydrogens (tertiary/aromatic N) is 1. The first kappa shape index (κ1) is 29.1. The van der Waals surface area contributed by atoms with E-state index >= 15 is 0 Å². The lowest BCUT2D eigenvalue weighted by Crippen LogP contribution is -2.34. The first-order valence-electron chi connectivity index (χ1n) is 11.7. The van der Waals surface area contributed by atoms with E-state index in [4.69, 9.17) is 11.6 Å². The number of carbonyl (C=O) groups excluding carboxylic acids is 1. The molecule has 2 amide bonds. The third-order valence-electron chi connectivity index (χ3n) is 5.79. The molecule has 41 heavy (non-hydrogen) atoms. The summed E-state index contributed by atoms with van der Waals surface area (Å²) in [6, 6.07) is 18.7. The van der Waals surface area contributed by atoms with Gasteiger partial charge in [-0.3, -0.25) is 4.79 Å². The van der Waals surface area contributed by atoms with Gasteiger partial charge in [-0.15, -0.1) is 11.3 Å². The number of amides is 2. The van der Waals surface area contributed by atoms with Crippen LogP contribution in [0.2, 0.25) is 5.02 Å². The number of sulfonamides is 1. The number of hydrogen-bond acceptors (Lipinski definition) is 7. The fourth-order valence-corrected chi connectivity index (χ4v) is 7.49. The van der Waals surface area contributed by atoms with E-state index in [9.17, 15) is 22.8 Å². The molecule has 5 rings (SSSR count). The van der Waals surface area contributed by atoms with Gasteiger partial charge in [0.2, 0.25) is 0 Å². The lowest BCUT2D eigenvalue weighted by molar-refractivity contribution is 0.256. The van der Waals surface area contributed by atoms with E-state index in [-0.39, 0.29) is 15.6 Å². The summed E-state index contributed by atoms with van der Waals surface area (Å²) in [5.41, 5.74) is 1.33. The second-order valence-electron chi connectivity index (χ2n) is 8.60. The van der Waals surface area contributed by atoms with Crippen molar-refractivity contribution in [3.05, 3.63) is 112 Å². The van der Waals surface area contributed by atoms with Crippen LogP contribution in [0.4, 0.5) is 16.2 Å². The van der Waals surface area contributed by atoms with Crippen LogP contribution in [-0.4, -0.2) is 24.0 Å². The Bertz CT molecular complexity index is 2030. The van der Waals surface area contributed by atoms with Gasteiger partial charge in [0.05, 0.1) is 20.4 Å². The minimum atomic E-state index is -4.06. The zero-order valence-corrected chi connectivity index (χ0v) is 26.1. The third-order valence-corrected chi connectivity index (χ3v) is 10.1. The molecule has 2 heterocycles. The summed E-state index contributed by atoms with van der Waals surface area (Å²) < 4.78 is 28.6. The summed E-state index contributed by atoms with van der Waals surface area (Å²) in [5.74, 6) is 0. The summed E-state index contributed by atoms with van der Waals surface area (Å²) in [4.78, 5) is 41.4. The zero-order chi connectivity index (χ0) is 29.3.